The molecule has 2 amide bonds. The molecule has 2 aromatic carbocycles. The zero-order valence-electron chi connectivity index (χ0n) is 18.2. The fourth-order valence-corrected chi connectivity index (χ4v) is 5.02. The predicted molar refractivity (Wildman–Crippen MR) is 123 cm³/mol. The largest absolute Gasteiger partial charge is 0.484 e. The summed E-state index contributed by atoms with van der Waals surface area (Å²) in [6, 6.07) is 8.01. The number of benzene rings is 2. The number of rotatable bonds is 8. The van der Waals surface area contributed by atoms with Crippen LogP contribution >= 0.6 is 23.2 Å². The molecule has 2 aliphatic carbocycles. The van der Waals surface area contributed by atoms with Crippen molar-refractivity contribution in [2.45, 2.75) is 43.7 Å². The summed E-state index contributed by atoms with van der Waals surface area (Å²) in [7, 11) is 0. The number of ether oxygens (including phenoxy) is 2. The number of carbonyl (C=O) groups is 2. The van der Waals surface area contributed by atoms with Gasteiger partial charge in [0, 0.05) is 23.7 Å². The molecule has 182 valence electrons. The molecule has 2 N–H and O–H groups in total. The molecule has 10 heteroatoms. The van der Waals surface area contributed by atoms with Gasteiger partial charge >= 0.3 is 0 Å². The Kier molecular flexibility index (Phi) is 7.48. The number of halogens is 4. The smallest absolute Gasteiger partial charge is 0.258 e. The van der Waals surface area contributed by atoms with Crippen LogP contribution in [0.25, 0.3) is 0 Å². The van der Waals surface area contributed by atoms with E-state index in [0.717, 1.165) is 44.2 Å². The van der Waals surface area contributed by atoms with Crippen LogP contribution in [0.1, 0.15) is 32.1 Å². The highest BCUT2D eigenvalue weighted by atomic mass is 35.5. The number of hydrogen-bond acceptors (Lipinski definition) is 4. The highest BCUT2D eigenvalue weighted by Crippen LogP contribution is 2.45. The number of hydrogen-bond donors (Lipinski definition) is 2. The lowest BCUT2D eigenvalue weighted by molar-refractivity contribution is -0.126. The van der Waals surface area contributed by atoms with E-state index in [-0.39, 0.29) is 64.1 Å². The van der Waals surface area contributed by atoms with E-state index in [1.54, 1.807) is 0 Å². The monoisotopic (exact) mass is 512 g/mol. The van der Waals surface area contributed by atoms with E-state index < -0.39 is 11.6 Å². The normalized spacial score (nSPS) is 23.3. The molecule has 4 rings (SSSR count). The van der Waals surface area contributed by atoms with E-state index >= 15 is 0 Å². The maximum atomic E-state index is 13.5. The summed E-state index contributed by atoms with van der Waals surface area (Å²) >= 11 is 11.3. The van der Waals surface area contributed by atoms with E-state index in [9.17, 15) is 18.4 Å². The molecule has 0 aromatic heterocycles. The van der Waals surface area contributed by atoms with Crippen molar-refractivity contribution in [1.82, 2.24) is 10.6 Å². The van der Waals surface area contributed by atoms with Gasteiger partial charge in [-0.05, 0) is 62.3 Å². The molecule has 0 spiro atoms. The van der Waals surface area contributed by atoms with Crippen molar-refractivity contribution in [2.75, 3.05) is 13.2 Å². The van der Waals surface area contributed by atoms with Gasteiger partial charge in [0.2, 0.25) is 0 Å². The quantitative estimate of drug-likeness (QED) is 0.539. The van der Waals surface area contributed by atoms with Crippen molar-refractivity contribution < 1.29 is 27.8 Å². The minimum atomic E-state index is -0.609. The molecule has 2 saturated carbocycles. The van der Waals surface area contributed by atoms with Crippen molar-refractivity contribution in [3.63, 3.8) is 0 Å². The Hall–Kier alpha value is -2.58. The minimum absolute atomic E-state index is 0.0121. The zero-order valence-corrected chi connectivity index (χ0v) is 19.7. The topological polar surface area (TPSA) is 76.7 Å². The summed E-state index contributed by atoms with van der Waals surface area (Å²) in [4.78, 5) is 24.8. The van der Waals surface area contributed by atoms with Crippen LogP contribution < -0.4 is 20.1 Å². The van der Waals surface area contributed by atoms with Gasteiger partial charge in [0.15, 0.2) is 13.2 Å². The van der Waals surface area contributed by atoms with Gasteiger partial charge in [-0.25, -0.2) is 8.78 Å². The summed E-state index contributed by atoms with van der Waals surface area (Å²) in [5.74, 6) is -1.09. The van der Waals surface area contributed by atoms with E-state index in [2.05, 4.69) is 10.6 Å². The molecule has 3 atom stereocenters. The molecule has 2 aromatic rings. The van der Waals surface area contributed by atoms with Gasteiger partial charge in [-0.3, -0.25) is 9.59 Å². The van der Waals surface area contributed by atoms with Crippen LogP contribution in [0.15, 0.2) is 36.4 Å². The van der Waals surface area contributed by atoms with E-state index in [1.165, 1.54) is 24.3 Å². The minimum Gasteiger partial charge on any atom is -0.484 e. The van der Waals surface area contributed by atoms with Crippen LogP contribution in [-0.4, -0.2) is 36.6 Å². The third kappa shape index (κ3) is 5.91. The number of amides is 2. The summed E-state index contributed by atoms with van der Waals surface area (Å²) in [6.07, 6.45) is 3.88. The molecule has 2 aliphatic rings. The summed E-state index contributed by atoms with van der Waals surface area (Å²) in [6.45, 7) is -0.453. The average molecular weight is 513 g/mol. The second kappa shape index (κ2) is 10.4. The van der Waals surface area contributed by atoms with E-state index in [0.29, 0.717) is 0 Å². The summed E-state index contributed by atoms with van der Waals surface area (Å²) in [5, 5.41) is 6.06. The van der Waals surface area contributed by atoms with Crippen molar-refractivity contribution in [3.8, 4) is 11.5 Å². The second-order valence-corrected chi connectivity index (χ2v) is 9.59. The van der Waals surface area contributed by atoms with Gasteiger partial charge < -0.3 is 20.1 Å². The molecule has 0 radical (unpaired) electrons. The molecule has 34 heavy (non-hydrogen) atoms. The molecule has 2 bridgehead atoms. The molecular formula is C24H24Cl2F2N2O4. The van der Waals surface area contributed by atoms with Crippen molar-refractivity contribution >= 4 is 35.0 Å². The molecule has 6 nitrogen and oxygen atoms in total. The number of fused-ring (bicyclic) bond motifs is 2. The third-order valence-corrected chi connectivity index (χ3v) is 7.04. The first-order valence-electron chi connectivity index (χ1n) is 11.0. The van der Waals surface area contributed by atoms with Crippen molar-refractivity contribution in [3.05, 3.63) is 58.1 Å². The fourth-order valence-electron chi connectivity index (χ4n) is 4.78. The van der Waals surface area contributed by atoms with Crippen LogP contribution in [0.2, 0.25) is 10.0 Å². The lowest BCUT2D eigenvalue weighted by atomic mass is 9.80. The highest BCUT2D eigenvalue weighted by Gasteiger charge is 2.47. The SMILES string of the molecule is O=C(COc1ccc(Cl)c(F)c1)N[C@H]1CC[C@@]2(NC(=O)COc3ccc(Cl)c(F)c3)CC[C@@H]1C2. The Morgan fingerprint density at radius 3 is 2.06 bits per heavy atom. The van der Waals surface area contributed by atoms with Gasteiger partial charge in [-0.15, -0.1) is 0 Å². The molecular weight excluding hydrogens is 489 g/mol. The molecule has 0 unspecified atom stereocenters. The molecule has 0 saturated heterocycles. The van der Waals surface area contributed by atoms with Gasteiger partial charge in [-0.2, -0.15) is 0 Å². The lowest BCUT2D eigenvalue weighted by Gasteiger charge is -2.38. The Bertz CT molecular complexity index is 1090. The van der Waals surface area contributed by atoms with Crippen LogP contribution in [0.3, 0.4) is 0 Å². The Morgan fingerprint density at radius 1 is 0.912 bits per heavy atom. The van der Waals surface area contributed by atoms with Gasteiger partial charge in [0.25, 0.3) is 11.8 Å². The van der Waals surface area contributed by atoms with Crippen LogP contribution in [0.5, 0.6) is 11.5 Å². The molecule has 0 heterocycles. The Morgan fingerprint density at radius 2 is 1.47 bits per heavy atom. The first kappa shape index (κ1) is 24.5. The zero-order chi connectivity index (χ0) is 24.3. The molecule has 2 fully saturated rings. The highest BCUT2D eigenvalue weighted by molar-refractivity contribution is 6.31. The second-order valence-electron chi connectivity index (χ2n) is 8.77. The maximum absolute atomic E-state index is 13.5. The third-order valence-electron chi connectivity index (χ3n) is 6.42. The first-order valence-corrected chi connectivity index (χ1v) is 11.7. The van der Waals surface area contributed by atoms with Crippen molar-refractivity contribution in [1.29, 1.82) is 0 Å². The van der Waals surface area contributed by atoms with Crippen LogP contribution in [-0.2, 0) is 9.59 Å². The van der Waals surface area contributed by atoms with Crippen LogP contribution in [0, 0.1) is 17.6 Å². The predicted octanol–water partition coefficient (Wildman–Crippen LogP) is 4.66. The average Bonchev–Trinajstić information content (AvgIpc) is 3.15. The fraction of sp³-hybridized carbons (Fsp3) is 0.417. The van der Waals surface area contributed by atoms with Crippen molar-refractivity contribution in [2.24, 2.45) is 5.92 Å². The van der Waals surface area contributed by atoms with E-state index in [4.69, 9.17) is 32.7 Å². The first-order chi connectivity index (χ1) is 16.2. The van der Waals surface area contributed by atoms with Gasteiger partial charge in [0.1, 0.15) is 23.1 Å². The summed E-state index contributed by atoms with van der Waals surface area (Å²) < 4.78 is 37.8. The Balaban J connectivity index is 1.22. The van der Waals surface area contributed by atoms with Crippen LogP contribution in [0.4, 0.5) is 8.78 Å². The summed E-state index contributed by atoms with van der Waals surface area (Å²) in [5.41, 5.74) is -0.324. The standard InChI is InChI=1S/C24H24Cl2F2N2O4/c25-17-3-1-15(9-19(17)27)33-12-22(31)29-21-6-8-24(7-5-14(21)11-24)30-23(32)13-34-16-2-4-18(26)20(28)10-16/h1-4,9-10,14,21H,5-8,11-13H2,(H,29,31)(H,30,32)/t14-,21+,24+/m1/s1. The maximum Gasteiger partial charge on any atom is 0.258 e. The van der Waals surface area contributed by atoms with Gasteiger partial charge in [-0.1, -0.05) is 23.2 Å². The number of carbonyl (C=O) groups excluding carboxylic acids is 2. The number of nitrogens with one attached hydrogen (secondary N) is 2. The Labute approximate surface area is 205 Å². The molecule has 0 aliphatic heterocycles. The lowest BCUT2D eigenvalue weighted by Crippen LogP contribution is -2.53. The van der Waals surface area contributed by atoms with Gasteiger partial charge in [0.05, 0.1) is 10.0 Å². The van der Waals surface area contributed by atoms with E-state index in [1.807, 2.05) is 0 Å².